The third-order valence-corrected chi connectivity index (χ3v) is 4.27. The minimum absolute atomic E-state index is 0.0736. The van der Waals surface area contributed by atoms with Gasteiger partial charge in [0.2, 0.25) is 0 Å². The quantitative estimate of drug-likeness (QED) is 0.252. The molecule has 0 unspecified atom stereocenters. The Morgan fingerprint density at radius 3 is 2.64 bits per heavy atom. The molecule has 1 N–H and O–H groups in total. The van der Waals surface area contributed by atoms with E-state index in [0.717, 1.165) is 9.26 Å². The molecule has 0 aliphatic rings. The lowest BCUT2D eigenvalue weighted by molar-refractivity contribution is -0.385. The standard InChI is InChI=1S/C18H14IN3O3/c1-12-2-3-13(10-17(12)22(23)24)18-9-8-16(25-18)11-20-21-15-6-4-14(19)5-7-15/h2-11,21H,1H3. The molecular formula is C18H14IN3O3. The van der Waals surface area contributed by atoms with Crippen molar-refractivity contribution in [3.8, 4) is 11.3 Å². The first-order valence-electron chi connectivity index (χ1n) is 7.43. The fraction of sp³-hybridized carbons (Fsp3) is 0.0556. The van der Waals surface area contributed by atoms with E-state index in [1.807, 2.05) is 24.3 Å². The van der Waals surface area contributed by atoms with Crippen LogP contribution in [-0.2, 0) is 0 Å². The molecule has 1 heterocycles. The maximum atomic E-state index is 11.1. The van der Waals surface area contributed by atoms with E-state index in [2.05, 4.69) is 33.1 Å². The average Bonchev–Trinajstić information content (AvgIpc) is 3.06. The second-order valence-electron chi connectivity index (χ2n) is 5.34. The number of anilines is 1. The zero-order chi connectivity index (χ0) is 17.8. The van der Waals surface area contributed by atoms with E-state index in [4.69, 9.17) is 4.42 Å². The van der Waals surface area contributed by atoms with E-state index in [0.29, 0.717) is 22.6 Å². The molecule has 0 aliphatic carbocycles. The van der Waals surface area contributed by atoms with Crippen molar-refractivity contribution in [3.63, 3.8) is 0 Å². The maximum absolute atomic E-state index is 11.1. The third-order valence-electron chi connectivity index (χ3n) is 3.55. The molecule has 3 rings (SSSR count). The summed E-state index contributed by atoms with van der Waals surface area (Å²) in [5, 5.41) is 15.2. The number of furan rings is 1. The fourth-order valence-corrected chi connectivity index (χ4v) is 2.59. The van der Waals surface area contributed by atoms with Crippen LogP contribution in [0.1, 0.15) is 11.3 Å². The summed E-state index contributed by atoms with van der Waals surface area (Å²) in [4.78, 5) is 10.7. The fourth-order valence-electron chi connectivity index (χ4n) is 2.23. The zero-order valence-corrected chi connectivity index (χ0v) is 15.4. The van der Waals surface area contributed by atoms with Crippen molar-refractivity contribution in [2.24, 2.45) is 5.10 Å². The van der Waals surface area contributed by atoms with Crippen molar-refractivity contribution in [3.05, 3.63) is 79.6 Å². The normalized spacial score (nSPS) is 11.0. The molecule has 0 fully saturated rings. The molecule has 2 aromatic carbocycles. The van der Waals surface area contributed by atoms with Crippen LogP contribution in [0.25, 0.3) is 11.3 Å². The van der Waals surface area contributed by atoms with E-state index in [9.17, 15) is 10.1 Å². The Morgan fingerprint density at radius 2 is 1.92 bits per heavy atom. The predicted molar refractivity (Wildman–Crippen MR) is 106 cm³/mol. The second kappa shape index (κ2) is 7.47. The van der Waals surface area contributed by atoms with Gasteiger partial charge in [0.1, 0.15) is 11.5 Å². The number of nitrogens with one attached hydrogen (secondary N) is 1. The molecule has 1 aromatic heterocycles. The molecule has 0 spiro atoms. The van der Waals surface area contributed by atoms with Crippen LogP contribution in [0.15, 0.2) is 64.1 Å². The first-order valence-corrected chi connectivity index (χ1v) is 8.51. The van der Waals surface area contributed by atoms with Gasteiger partial charge < -0.3 is 4.42 Å². The van der Waals surface area contributed by atoms with Gasteiger partial charge in [0.05, 0.1) is 16.8 Å². The van der Waals surface area contributed by atoms with Gasteiger partial charge in [-0.25, -0.2) is 0 Å². The maximum Gasteiger partial charge on any atom is 0.273 e. The highest BCUT2D eigenvalue weighted by Gasteiger charge is 2.13. The average molecular weight is 447 g/mol. The minimum Gasteiger partial charge on any atom is -0.455 e. The first kappa shape index (κ1) is 17.2. The van der Waals surface area contributed by atoms with Gasteiger partial charge in [-0.15, -0.1) is 0 Å². The van der Waals surface area contributed by atoms with Crippen LogP contribution in [0, 0.1) is 20.6 Å². The van der Waals surface area contributed by atoms with Crippen LogP contribution < -0.4 is 5.43 Å². The number of halogens is 1. The van der Waals surface area contributed by atoms with Crippen molar-refractivity contribution in [2.45, 2.75) is 6.92 Å². The molecule has 6 nitrogen and oxygen atoms in total. The summed E-state index contributed by atoms with van der Waals surface area (Å²) in [5.41, 5.74) is 5.13. The molecule has 126 valence electrons. The number of nitro groups is 1. The number of benzene rings is 2. The van der Waals surface area contributed by atoms with E-state index >= 15 is 0 Å². The molecule has 0 aliphatic heterocycles. The number of nitro benzene ring substituents is 1. The highest BCUT2D eigenvalue weighted by Crippen LogP contribution is 2.27. The van der Waals surface area contributed by atoms with E-state index in [1.54, 1.807) is 37.4 Å². The molecule has 25 heavy (non-hydrogen) atoms. The molecule has 0 amide bonds. The summed E-state index contributed by atoms with van der Waals surface area (Å²) in [6, 6.07) is 16.4. The third kappa shape index (κ3) is 4.24. The predicted octanol–water partition coefficient (Wildman–Crippen LogP) is 5.21. The lowest BCUT2D eigenvalue weighted by Gasteiger charge is -2.00. The number of aryl methyl sites for hydroxylation is 1. The van der Waals surface area contributed by atoms with E-state index < -0.39 is 4.92 Å². The summed E-state index contributed by atoms with van der Waals surface area (Å²) in [7, 11) is 0. The summed E-state index contributed by atoms with van der Waals surface area (Å²) in [6.45, 7) is 1.71. The molecule has 3 aromatic rings. The summed E-state index contributed by atoms with van der Waals surface area (Å²) in [5.74, 6) is 1.11. The lowest BCUT2D eigenvalue weighted by Crippen LogP contribution is -1.91. The van der Waals surface area contributed by atoms with Gasteiger partial charge >= 0.3 is 0 Å². The van der Waals surface area contributed by atoms with Crippen LogP contribution in [-0.4, -0.2) is 11.1 Å². The van der Waals surface area contributed by atoms with Crippen molar-refractivity contribution in [1.29, 1.82) is 0 Å². The van der Waals surface area contributed by atoms with Crippen LogP contribution in [0.3, 0.4) is 0 Å². The zero-order valence-electron chi connectivity index (χ0n) is 13.3. The Hall–Kier alpha value is -2.68. The monoisotopic (exact) mass is 447 g/mol. The van der Waals surface area contributed by atoms with Gasteiger partial charge in [-0.2, -0.15) is 5.10 Å². The lowest BCUT2D eigenvalue weighted by atomic mass is 10.1. The Bertz CT molecular complexity index is 933. The molecule has 0 bridgehead atoms. The number of rotatable bonds is 5. The SMILES string of the molecule is Cc1ccc(-c2ccc(C=NNc3ccc(I)cc3)o2)cc1[N+](=O)[O-]. The van der Waals surface area contributed by atoms with Crippen molar-refractivity contribution >= 4 is 40.2 Å². The topological polar surface area (TPSA) is 80.7 Å². The van der Waals surface area contributed by atoms with Gasteiger partial charge in [0, 0.05) is 20.8 Å². The van der Waals surface area contributed by atoms with Gasteiger partial charge in [0.25, 0.3) is 5.69 Å². The highest BCUT2D eigenvalue weighted by molar-refractivity contribution is 14.1. The number of hydrogen-bond donors (Lipinski definition) is 1. The van der Waals surface area contributed by atoms with E-state index in [-0.39, 0.29) is 5.69 Å². The van der Waals surface area contributed by atoms with Crippen molar-refractivity contribution in [1.82, 2.24) is 0 Å². The Balaban J connectivity index is 1.74. The summed E-state index contributed by atoms with van der Waals surface area (Å²) < 4.78 is 6.84. The van der Waals surface area contributed by atoms with Gasteiger partial charge in [-0.05, 0) is 65.9 Å². The summed E-state index contributed by atoms with van der Waals surface area (Å²) >= 11 is 2.24. The van der Waals surface area contributed by atoms with Crippen LogP contribution in [0.2, 0.25) is 0 Å². The second-order valence-corrected chi connectivity index (χ2v) is 6.58. The molecular weight excluding hydrogens is 433 g/mol. The van der Waals surface area contributed by atoms with Gasteiger partial charge in [-0.1, -0.05) is 12.1 Å². The Kier molecular flexibility index (Phi) is 5.13. The molecule has 0 radical (unpaired) electrons. The largest absolute Gasteiger partial charge is 0.455 e. The van der Waals surface area contributed by atoms with Crippen LogP contribution >= 0.6 is 22.6 Å². The van der Waals surface area contributed by atoms with Crippen LogP contribution in [0.4, 0.5) is 11.4 Å². The smallest absolute Gasteiger partial charge is 0.273 e. The van der Waals surface area contributed by atoms with E-state index in [1.165, 1.54) is 6.07 Å². The molecule has 0 saturated carbocycles. The Morgan fingerprint density at radius 1 is 1.16 bits per heavy atom. The number of hydrogen-bond acceptors (Lipinski definition) is 5. The first-order chi connectivity index (χ1) is 12.0. The number of nitrogens with zero attached hydrogens (tertiary/aromatic N) is 2. The van der Waals surface area contributed by atoms with Crippen LogP contribution in [0.5, 0.6) is 0 Å². The highest BCUT2D eigenvalue weighted by atomic mass is 127. The molecule has 0 saturated heterocycles. The van der Waals surface area contributed by atoms with Crippen molar-refractivity contribution in [2.75, 3.05) is 5.43 Å². The summed E-state index contributed by atoms with van der Waals surface area (Å²) in [6.07, 6.45) is 1.56. The minimum atomic E-state index is -0.394. The van der Waals surface area contributed by atoms with Crippen molar-refractivity contribution < 1.29 is 9.34 Å². The van der Waals surface area contributed by atoms with Gasteiger partial charge in [-0.3, -0.25) is 15.5 Å². The number of hydrazone groups is 1. The van der Waals surface area contributed by atoms with Gasteiger partial charge in [0.15, 0.2) is 0 Å². The molecule has 0 atom stereocenters. The Labute approximate surface area is 157 Å². The molecule has 7 heteroatoms.